The highest BCUT2D eigenvalue weighted by molar-refractivity contribution is 9.10. The van der Waals surface area contributed by atoms with Gasteiger partial charge in [-0.3, -0.25) is 0 Å². The van der Waals surface area contributed by atoms with Gasteiger partial charge in [0.1, 0.15) is 18.0 Å². The highest BCUT2D eigenvalue weighted by Gasteiger charge is 2.43. The molecule has 1 aromatic rings. The summed E-state index contributed by atoms with van der Waals surface area (Å²) in [4.78, 5) is 0. The van der Waals surface area contributed by atoms with Gasteiger partial charge in [-0.15, -0.1) is 11.6 Å². The summed E-state index contributed by atoms with van der Waals surface area (Å²) in [5.74, 6) is -1.39. The minimum atomic E-state index is -0.737. The third-order valence-electron chi connectivity index (χ3n) is 2.93. The average molecular weight is 356 g/mol. The normalized spacial score (nSPS) is 26.1. The lowest BCUT2D eigenvalue weighted by molar-refractivity contribution is -0.0810. The zero-order chi connectivity index (χ0) is 14.0. The molecule has 3 atom stereocenters. The third kappa shape index (κ3) is 3.38. The molecule has 2 nitrogen and oxygen atoms in total. The quantitative estimate of drug-likeness (QED) is 0.734. The number of halogens is 4. The summed E-state index contributed by atoms with van der Waals surface area (Å²) in [5, 5.41) is -0.126. The summed E-state index contributed by atoms with van der Waals surface area (Å²) in [6, 6.07) is 1.95. The average Bonchev–Trinajstić information content (AvgIpc) is 2.32. The van der Waals surface area contributed by atoms with Gasteiger partial charge in [-0.1, -0.05) is 6.92 Å². The van der Waals surface area contributed by atoms with Crippen molar-refractivity contribution in [3.63, 3.8) is 0 Å². The van der Waals surface area contributed by atoms with Crippen LogP contribution < -0.4 is 4.74 Å². The van der Waals surface area contributed by atoms with Crippen LogP contribution in [0.2, 0.25) is 0 Å². The first-order valence-corrected chi connectivity index (χ1v) is 7.32. The van der Waals surface area contributed by atoms with Crippen LogP contribution in [0.4, 0.5) is 8.78 Å². The molecule has 1 aliphatic rings. The van der Waals surface area contributed by atoms with Crippen LogP contribution in [-0.2, 0) is 4.74 Å². The van der Waals surface area contributed by atoms with Crippen LogP contribution in [0.5, 0.6) is 5.75 Å². The van der Waals surface area contributed by atoms with Gasteiger partial charge in [0.05, 0.1) is 9.85 Å². The number of benzene rings is 1. The summed E-state index contributed by atoms with van der Waals surface area (Å²) in [6.07, 6.45) is 0.906. The molecule has 0 aliphatic heterocycles. The topological polar surface area (TPSA) is 18.5 Å². The molecule has 1 saturated carbocycles. The van der Waals surface area contributed by atoms with E-state index in [4.69, 9.17) is 21.1 Å². The van der Waals surface area contributed by atoms with Crippen molar-refractivity contribution in [1.29, 1.82) is 0 Å². The number of rotatable bonds is 5. The zero-order valence-electron chi connectivity index (χ0n) is 10.3. The molecule has 19 heavy (non-hydrogen) atoms. The number of hydrogen-bond donors (Lipinski definition) is 0. The number of alkyl halides is 1. The standard InChI is InChI=1S/C13H14BrClF2O2/c1-2-3-18-13-9(15)6-11(13)19-12-8(14)4-7(16)5-10(12)17/h4-5,9,11,13H,2-3,6H2,1H3. The van der Waals surface area contributed by atoms with Gasteiger partial charge in [-0.05, 0) is 28.4 Å². The van der Waals surface area contributed by atoms with Gasteiger partial charge in [-0.25, -0.2) is 8.78 Å². The van der Waals surface area contributed by atoms with E-state index < -0.39 is 11.6 Å². The SMILES string of the molecule is CCCOC1C(Cl)CC1Oc1c(F)cc(F)cc1Br. The molecule has 1 aliphatic carbocycles. The maximum absolute atomic E-state index is 13.6. The van der Waals surface area contributed by atoms with E-state index in [9.17, 15) is 8.78 Å². The molecule has 0 N–H and O–H groups in total. The Balaban J connectivity index is 2.05. The van der Waals surface area contributed by atoms with Crippen molar-refractivity contribution in [3.05, 3.63) is 28.2 Å². The number of ether oxygens (including phenoxy) is 2. The molecule has 0 saturated heterocycles. The van der Waals surface area contributed by atoms with Crippen LogP contribution in [0.15, 0.2) is 16.6 Å². The predicted molar refractivity (Wildman–Crippen MR) is 72.8 cm³/mol. The molecule has 106 valence electrons. The van der Waals surface area contributed by atoms with Gasteiger partial charge in [0.2, 0.25) is 0 Å². The highest BCUT2D eigenvalue weighted by atomic mass is 79.9. The van der Waals surface area contributed by atoms with Crippen LogP contribution in [0.1, 0.15) is 19.8 Å². The summed E-state index contributed by atoms with van der Waals surface area (Å²) in [6.45, 7) is 2.58. The van der Waals surface area contributed by atoms with E-state index in [-0.39, 0.29) is 27.8 Å². The van der Waals surface area contributed by atoms with Gasteiger partial charge in [0.15, 0.2) is 11.6 Å². The fourth-order valence-corrected chi connectivity index (χ4v) is 2.81. The van der Waals surface area contributed by atoms with E-state index in [2.05, 4.69) is 15.9 Å². The summed E-state index contributed by atoms with van der Waals surface area (Å²) in [7, 11) is 0. The third-order valence-corrected chi connectivity index (χ3v) is 3.94. The first kappa shape index (κ1) is 15.0. The second kappa shape index (κ2) is 6.37. The van der Waals surface area contributed by atoms with Gasteiger partial charge in [-0.2, -0.15) is 0 Å². The van der Waals surface area contributed by atoms with E-state index in [0.717, 1.165) is 18.6 Å². The van der Waals surface area contributed by atoms with Gasteiger partial charge < -0.3 is 9.47 Å². The molecule has 0 amide bonds. The van der Waals surface area contributed by atoms with Crippen LogP contribution in [0.3, 0.4) is 0 Å². The van der Waals surface area contributed by atoms with E-state index in [0.29, 0.717) is 13.0 Å². The van der Waals surface area contributed by atoms with Crippen molar-refractivity contribution < 1.29 is 18.3 Å². The first-order chi connectivity index (χ1) is 9.02. The molecule has 1 aromatic carbocycles. The molecule has 0 heterocycles. The van der Waals surface area contributed by atoms with E-state index >= 15 is 0 Å². The van der Waals surface area contributed by atoms with E-state index in [1.807, 2.05) is 6.92 Å². The van der Waals surface area contributed by atoms with Crippen molar-refractivity contribution in [2.24, 2.45) is 0 Å². The molecular weight excluding hydrogens is 341 g/mol. The van der Waals surface area contributed by atoms with Crippen LogP contribution in [0.25, 0.3) is 0 Å². The summed E-state index contributed by atoms with van der Waals surface area (Å²) < 4.78 is 38.0. The van der Waals surface area contributed by atoms with Crippen molar-refractivity contribution in [2.75, 3.05) is 6.61 Å². The zero-order valence-corrected chi connectivity index (χ0v) is 12.7. The Hall–Kier alpha value is -0.390. The Kier molecular flexibility index (Phi) is 5.03. The second-order valence-electron chi connectivity index (χ2n) is 4.44. The molecule has 6 heteroatoms. The lowest BCUT2D eigenvalue weighted by Gasteiger charge is -2.40. The maximum atomic E-state index is 13.6. The molecule has 0 spiro atoms. The minimum Gasteiger partial charge on any atom is -0.483 e. The fraction of sp³-hybridized carbons (Fsp3) is 0.538. The Bertz CT molecular complexity index is 435. The lowest BCUT2D eigenvalue weighted by Crippen LogP contribution is -2.52. The Morgan fingerprint density at radius 2 is 2.16 bits per heavy atom. The first-order valence-electron chi connectivity index (χ1n) is 6.09. The van der Waals surface area contributed by atoms with Gasteiger partial charge in [0.25, 0.3) is 0 Å². The highest BCUT2D eigenvalue weighted by Crippen LogP contribution is 2.37. The van der Waals surface area contributed by atoms with Gasteiger partial charge in [0, 0.05) is 19.1 Å². The van der Waals surface area contributed by atoms with Crippen LogP contribution >= 0.6 is 27.5 Å². The molecule has 2 rings (SSSR count). The molecule has 3 unspecified atom stereocenters. The van der Waals surface area contributed by atoms with Crippen LogP contribution in [0, 0.1) is 11.6 Å². The molecule has 0 radical (unpaired) electrons. The minimum absolute atomic E-state index is 0.0000603. The van der Waals surface area contributed by atoms with Crippen molar-refractivity contribution in [2.45, 2.75) is 37.4 Å². The van der Waals surface area contributed by atoms with Crippen LogP contribution in [-0.4, -0.2) is 24.2 Å². The summed E-state index contributed by atoms with van der Waals surface area (Å²) in [5.41, 5.74) is 0. The predicted octanol–water partition coefficient (Wildman–Crippen LogP) is 4.28. The maximum Gasteiger partial charge on any atom is 0.169 e. The fourth-order valence-electron chi connectivity index (χ4n) is 1.90. The molecular formula is C13H14BrClF2O2. The van der Waals surface area contributed by atoms with Gasteiger partial charge >= 0.3 is 0 Å². The Morgan fingerprint density at radius 1 is 1.42 bits per heavy atom. The second-order valence-corrected chi connectivity index (χ2v) is 5.86. The Labute approximate surface area is 124 Å². The molecule has 1 fully saturated rings. The molecule has 0 aromatic heterocycles. The largest absolute Gasteiger partial charge is 0.483 e. The smallest absolute Gasteiger partial charge is 0.169 e. The van der Waals surface area contributed by atoms with Crippen molar-refractivity contribution in [1.82, 2.24) is 0 Å². The molecule has 0 bridgehead atoms. The summed E-state index contributed by atoms with van der Waals surface area (Å²) >= 11 is 9.13. The Morgan fingerprint density at radius 3 is 2.74 bits per heavy atom. The van der Waals surface area contributed by atoms with E-state index in [1.165, 1.54) is 0 Å². The monoisotopic (exact) mass is 354 g/mol. The lowest BCUT2D eigenvalue weighted by atomic mass is 9.91. The number of hydrogen-bond acceptors (Lipinski definition) is 2. The van der Waals surface area contributed by atoms with E-state index in [1.54, 1.807) is 0 Å². The van der Waals surface area contributed by atoms with Crippen molar-refractivity contribution >= 4 is 27.5 Å². The van der Waals surface area contributed by atoms with Crippen molar-refractivity contribution in [3.8, 4) is 5.75 Å².